The Labute approximate surface area is 322 Å². The van der Waals surface area contributed by atoms with Crippen molar-refractivity contribution in [2.75, 3.05) is 26.4 Å². The van der Waals surface area contributed by atoms with Gasteiger partial charge in [0.05, 0.1) is 25.9 Å². The molecule has 14 nitrogen and oxygen atoms in total. The van der Waals surface area contributed by atoms with Gasteiger partial charge in [0, 0.05) is 12.8 Å². The van der Waals surface area contributed by atoms with Crippen molar-refractivity contribution in [3.05, 3.63) is 48.6 Å². The van der Waals surface area contributed by atoms with Crippen molar-refractivity contribution in [2.24, 2.45) is 5.92 Å². The lowest BCUT2D eigenvalue weighted by Gasteiger charge is -2.20. The van der Waals surface area contributed by atoms with E-state index in [1.165, 1.54) is 32.1 Å². The molecular weight excluding hydrogens is 742 g/mol. The predicted molar refractivity (Wildman–Crippen MR) is 208 cm³/mol. The second-order valence-electron chi connectivity index (χ2n) is 13.5. The van der Waals surface area contributed by atoms with Gasteiger partial charge in [-0.2, -0.15) is 0 Å². The molecule has 1 unspecified atom stereocenters. The molecule has 5 N–H and O–H groups in total. The maximum absolute atomic E-state index is 12.5. The molecule has 54 heavy (non-hydrogen) atoms. The summed E-state index contributed by atoms with van der Waals surface area (Å²) in [5.74, 6) is -0.569. The van der Waals surface area contributed by atoms with Gasteiger partial charge in [0.25, 0.3) is 0 Å². The van der Waals surface area contributed by atoms with Crippen molar-refractivity contribution in [1.29, 1.82) is 0 Å². The Morgan fingerprint density at radius 2 is 1.26 bits per heavy atom. The van der Waals surface area contributed by atoms with E-state index in [1.54, 1.807) is 12.2 Å². The number of allylic oxidation sites excluding steroid dienone is 7. The Balaban J connectivity index is 4.74. The smallest absolute Gasteiger partial charge is 0.462 e. The Bertz CT molecular complexity index is 1180. The molecule has 0 aliphatic heterocycles. The third kappa shape index (κ3) is 37.0. The Morgan fingerprint density at radius 1 is 0.648 bits per heavy atom. The van der Waals surface area contributed by atoms with E-state index in [0.717, 1.165) is 44.9 Å². The maximum Gasteiger partial charge on any atom is 0.472 e. The first-order valence-electron chi connectivity index (χ1n) is 19.3. The average molecular weight is 811 g/mol. The van der Waals surface area contributed by atoms with Crippen molar-refractivity contribution in [3.63, 3.8) is 0 Å². The molecule has 0 saturated heterocycles. The van der Waals surface area contributed by atoms with Crippen LogP contribution in [-0.4, -0.2) is 81.6 Å². The number of aliphatic hydroxyl groups excluding tert-OH is 2. The second kappa shape index (κ2) is 33.2. The summed E-state index contributed by atoms with van der Waals surface area (Å²) in [6.45, 7) is 3.67. The molecular formula is C38H68O14P2. The maximum atomic E-state index is 12.5. The Morgan fingerprint density at radius 3 is 1.94 bits per heavy atom. The molecule has 0 spiro atoms. The minimum absolute atomic E-state index is 0.0343. The van der Waals surface area contributed by atoms with E-state index in [4.69, 9.17) is 23.8 Å². The largest absolute Gasteiger partial charge is 0.472 e. The molecule has 16 heteroatoms. The van der Waals surface area contributed by atoms with Gasteiger partial charge in [-0.1, -0.05) is 121 Å². The highest BCUT2D eigenvalue weighted by Crippen LogP contribution is 2.43. The van der Waals surface area contributed by atoms with Crippen LogP contribution < -0.4 is 0 Å². The number of rotatable bonds is 35. The molecule has 0 radical (unpaired) electrons. The number of phosphoric acid groups is 2. The van der Waals surface area contributed by atoms with Gasteiger partial charge in [0.15, 0.2) is 6.10 Å². The third-order valence-electron chi connectivity index (χ3n) is 7.74. The lowest BCUT2D eigenvalue weighted by atomic mass is 10.0. The Hall–Kier alpha value is -1.96. The average Bonchev–Trinajstić information content (AvgIpc) is 3.10. The third-order valence-corrected chi connectivity index (χ3v) is 9.18. The lowest BCUT2D eigenvalue weighted by Crippen LogP contribution is -2.30. The fourth-order valence-electron chi connectivity index (χ4n) is 4.75. The quantitative estimate of drug-likeness (QED) is 0.0135. The normalized spacial score (nSPS) is 15.4. The molecule has 0 amide bonds. The first-order chi connectivity index (χ1) is 25.6. The molecule has 0 aliphatic carbocycles. The van der Waals surface area contributed by atoms with Gasteiger partial charge in [-0.15, -0.1) is 0 Å². The van der Waals surface area contributed by atoms with Crippen LogP contribution in [0.15, 0.2) is 48.6 Å². The monoisotopic (exact) mass is 810 g/mol. The standard InChI is InChI=1S/C38H68O14P2/c1-4-5-6-7-8-9-10-11-12-13-14-18-21-25-34(39)26-23-28-37(41)48-31-36(52-38(42)27-22-19-16-15-17-20-24-33(2)3)32-51-54(46,47)50-30-35(40)29-49-53(43,44)45/h8-9,11-12,14,18,21,25,33-36,39-40H,4-7,10,13,15-17,19-20,22-24,26-32H2,1-3H3,(H,46,47)(H2,43,44,45)/b9-8-,12-11-,18-14-,25-21+/t34-,35+,36-/m1/s1. The predicted octanol–water partition coefficient (Wildman–Crippen LogP) is 7.94. The minimum Gasteiger partial charge on any atom is -0.462 e. The molecule has 0 saturated carbocycles. The van der Waals surface area contributed by atoms with E-state index in [9.17, 15) is 33.8 Å². The fraction of sp³-hybridized carbons (Fsp3) is 0.737. The lowest BCUT2D eigenvalue weighted by molar-refractivity contribution is -0.161. The summed E-state index contributed by atoms with van der Waals surface area (Å²) in [7, 11) is -9.72. The number of aliphatic hydroxyl groups is 2. The van der Waals surface area contributed by atoms with Crippen molar-refractivity contribution < 1.29 is 66.7 Å². The van der Waals surface area contributed by atoms with E-state index in [0.29, 0.717) is 25.2 Å². The van der Waals surface area contributed by atoms with Crippen LogP contribution in [0.2, 0.25) is 0 Å². The van der Waals surface area contributed by atoms with Gasteiger partial charge in [-0.25, -0.2) is 9.13 Å². The number of phosphoric ester groups is 2. The van der Waals surface area contributed by atoms with E-state index in [1.807, 2.05) is 12.2 Å². The van der Waals surface area contributed by atoms with Crippen LogP contribution in [0.3, 0.4) is 0 Å². The molecule has 0 bridgehead atoms. The highest BCUT2D eigenvalue weighted by Gasteiger charge is 2.28. The number of hydrogen-bond acceptors (Lipinski definition) is 11. The van der Waals surface area contributed by atoms with Gasteiger partial charge in [-0.05, 0) is 50.9 Å². The van der Waals surface area contributed by atoms with Crippen LogP contribution in [0.1, 0.15) is 130 Å². The highest BCUT2D eigenvalue weighted by molar-refractivity contribution is 7.47. The first-order valence-corrected chi connectivity index (χ1v) is 22.3. The zero-order chi connectivity index (χ0) is 40.5. The van der Waals surface area contributed by atoms with Crippen molar-refractivity contribution in [1.82, 2.24) is 0 Å². The van der Waals surface area contributed by atoms with Crippen LogP contribution in [0.4, 0.5) is 0 Å². The second-order valence-corrected chi connectivity index (χ2v) is 16.2. The molecule has 0 rings (SSSR count). The van der Waals surface area contributed by atoms with Gasteiger partial charge in [0.2, 0.25) is 0 Å². The molecule has 0 aromatic heterocycles. The summed E-state index contributed by atoms with van der Waals surface area (Å²) in [6.07, 6.45) is 26.2. The van der Waals surface area contributed by atoms with Gasteiger partial charge in [-0.3, -0.25) is 23.2 Å². The van der Waals surface area contributed by atoms with Gasteiger partial charge in [0.1, 0.15) is 12.7 Å². The van der Waals surface area contributed by atoms with E-state index in [2.05, 4.69) is 54.1 Å². The van der Waals surface area contributed by atoms with Crippen LogP contribution >= 0.6 is 15.6 Å². The Kier molecular flexibility index (Phi) is 32.0. The summed E-state index contributed by atoms with van der Waals surface area (Å²) >= 11 is 0. The SMILES string of the molecule is CCCCC/C=C\C/C=C\C/C=C\C=C\[C@@H](O)CCCC(=O)OC[C@H](COP(=O)(O)OC[C@@H](O)COP(=O)(O)O)OC(=O)CCCCCCCCC(C)C. The molecule has 0 aromatic rings. The number of carbonyl (C=O) groups excluding carboxylic acids is 2. The topological polar surface area (TPSA) is 216 Å². The molecule has 0 fully saturated rings. The van der Waals surface area contributed by atoms with E-state index >= 15 is 0 Å². The zero-order valence-corrected chi connectivity index (χ0v) is 34.4. The molecule has 0 aromatic carbocycles. The van der Waals surface area contributed by atoms with E-state index in [-0.39, 0.29) is 12.8 Å². The number of esters is 2. The number of ether oxygens (including phenoxy) is 2. The molecule has 0 heterocycles. The summed E-state index contributed by atoms with van der Waals surface area (Å²) in [4.78, 5) is 52.4. The summed E-state index contributed by atoms with van der Waals surface area (Å²) in [6, 6.07) is 0. The molecule has 314 valence electrons. The zero-order valence-electron chi connectivity index (χ0n) is 32.6. The van der Waals surface area contributed by atoms with Crippen LogP contribution in [0, 0.1) is 5.92 Å². The number of carbonyl (C=O) groups is 2. The fourth-order valence-corrected chi connectivity index (χ4v) is 5.91. The number of unbranched alkanes of at least 4 members (excludes halogenated alkanes) is 8. The van der Waals surface area contributed by atoms with Crippen molar-refractivity contribution in [3.8, 4) is 0 Å². The van der Waals surface area contributed by atoms with Gasteiger partial charge >= 0.3 is 27.6 Å². The first kappa shape index (κ1) is 52.0. The summed E-state index contributed by atoms with van der Waals surface area (Å²) in [5, 5.41) is 19.9. The van der Waals surface area contributed by atoms with Crippen LogP contribution in [0.25, 0.3) is 0 Å². The van der Waals surface area contributed by atoms with Gasteiger partial charge < -0.3 is 34.4 Å². The number of hydrogen-bond donors (Lipinski definition) is 5. The van der Waals surface area contributed by atoms with Crippen LogP contribution in [0.5, 0.6) is 0 Å². The minimum atomic E-state index is -4.88. The van der Waals surface area contributed by atoms with Crippen LogP contribution in [-0.2, 0) is 41.8 Å². The van der Waals surface area contributed by atoms with Crippen molar-refractivity contribution >= 4 is 27.6 Å². The summed E-state index contributed by atoms with van der Waals surface area (Å²) in [5.41, 5.74) is 0. The highest BCUT2D eigenvalue weighted by atomic mass is 31.2. The van der Waals surface area contributed by atoms with Crippen molar-refractivity contribution in [2.45, 2.75) is 148 Å². The summed E-state index contributed by atoms with van der Waals surface area (Å²) < 4.78 is 47.4. The van der Waals surface area contributed by atoms with E-state index < -0.39 is 72.3 Å². The molecule has 4 atom stereocenters. The molecule has 0 aliphatic rings.